The van der Waals surface area contributed by atoms with Gasteiger partial charge in [0.25, 0.3) is 0 Å². The highest BCUT2D eigenvalue weighted by Crippen LogP contribution is 2.11. The van der Waals surface area contributed by atoms with Crippen LogP contribution in [0.3, 0.4) is 0 Å². The summed E-state index contributed by atoms with van der Waals surface area (Å²) in [6, 6.07) is 0. The molecule has 0 aromatic carbocycles. The average molecular weight is 339 g/mol. The number of carbonyl (C=O) groups excluding carboxylic acids is 1. The van der Waals surface area contributed by atoms with E-state index in [-0.39, 0.29) is 5.97 Å². The quantitative estimate of drug-likeness (QED) is 0.148. The molecule has 0 bridgehead atoms. The van der Waals surface area contributed by atoms with Crippen LogP contribution in [0.25, 0.3) is 0 Å². The third-order valence-corrected chi connectivity index (χ3v) is 4.46. The Morgan fingerprint density at radius 2 is 1.08 bits per heavy atom. The predicted molar refractivity (Wildman–Crippen MR) is 105 cm³/mol. The van der Waals surface area contributed by atoms with E-state index in [1.807, 2.05) is 0 Å². The second kappa shape index (κ2) is 20.3. The van der Waals surface area contributed by atoms with Gasteiger partial charge in [0.05, 0.1) is 6.61 Å². The van der Waals surface area contributed by atoms with Crippen molar-refractivity contribution in [2.75, 3.05) is 6.61 Å². The lowest BCUT2D eigenvalue weighted by atomic mass is 10.1. The number of unbranched alkanes of at least 4 members (excludes halogenated alkanes) is 14. The van der Waals surface area contributed by atoms with Gasteiger partial charge in [-0.3, -0.25) is 4.79 Å². The van der Waals surface area contributed by atoms with Crippen molar-refractivity contribution in [3.05, 3.63) is 12.2 Å². The number of ether oxygens (including phenoxy) is 1. The van der Waals surface area contributed by atoms with Crippen molar-refractivity contribution in [3.8, 4) is 0 Å². The van der Waals surface area contributed by atoms with Gasteiger partial charge in [0.2, 0.25) is 0 Å². The number of allylic oxidation sites excluding steroid dienone is 2. The van der Waals surface area contributed by atoms with Gasteiger partial charge < -0.3 is 4.74 Å². The molecule has 24 heavy (non-hydrogen) atoms. The summed E-state index contributed by atoms with van der Waals surface area (Å²) in [5, 5.41) is 0. The van der Waals surface area contributed by atoms with Crippen molar-refractivity contribution < 1.29 is 9.53 Å². The summed E-state index contributed by atoms with van der Waals surface area (Å²) >= 11 is 0. The van der Waals surface area contributed by atoms with Crippen LogP contribution in [0.5, 0.6) is 0 Å². The maximum atomic E-state index is 10.6. The van der Waals surface area contributed by atoms with Crippen LogP contribution in [0.15, 0.2) is 12.2 Å². The predicted octanol–water partition coefficient (Wildman–Crippen LogP) is 7.37. The maximum Gasteiger partial charge on any atom is 0.302 e. The van der Waals surface area contributed by atoms with Gasteiger partial charge in [0.1, 0.15) is 0 Å². The van der Waals surface area contributed by atoms with E-state index in [9.17, 15) is 4.79 Å². The van der Waals surface area contributed by atoms with Crippen molar-refractivity contribution in [3.63, 3.8) is 0 Å². The Balaban J connectivity index is 3.07. The molecule has 2 nitrogen and oxygen atoms in total. The molecule has 0 saturated carbocycles. The van der Waals surface area contributed by atoms with Gasteiger partial charge >= 0.3 is 5.97 Å². The standard InChI is InChI=1S/C22H42O2/c1-3-4-5-6-7-8-9-10-11-12-13-14-15-16-17-18-19-20-21-24-22(2)23/h12-13H,3-11,14-21H2,1-2H3. The molecule has 0 aliphatic rings. The Bertz CT molecular complexity index is 284. The zero-order valence-corrected chi connectivity index (χ0v) is 16.5. The second-order valence-electron chi connectivity index (χ2n) is 6.98. The van der Waals surface area contributed by atoms with Crippen LogP contribution in [0, 0.1) is 0 Å². The van der Waals surface area contributed by atoms with E-state index in [0.717, 1.165) is 6.42 Å². The third kappa shape index (κ3) is 21.2. The molecule has 0 aliphatic carbocycles. The van der Waals surface area contributed by atoms with Crippen LogP contribution in [0.1, 0.15) is 117 Å². The first-order valence-corrected chi connectivity index (χ1v) is 10.6. The molecule has 0 aromatic heterocycles. The van der Waals surface area contributed by atoms with Crippen molar-refractivity contribution in [2.24, 2.45) is 0 Å². The Kier molecular flexibility index (Phi) is 19.6. The van der Waals surface area contributed by atoms with Gasteiger partial charge in [-0.15, -0.1) is 0 Å². The minimum absolute atomic E-state index is 0.159. The van der Waals surface area contributed by atoms with Gasteiger partial charge in [-0.1, -0.05) is 89.7 Å². The van der Waals surface area contributed by atoms with Crippen molar-refractivity contribution >= 4 is 5.97 Å². The molecular weight excluding hydrogens is 296 g/mol. The van der Waals surface area contributed by atoms with Crippen molar-refractivity contribution in [1.29, 1.82) is 0 Å². The Morgan fingerprint density at radius 1 is 0.667 bits per heavy atom. The topological polar surface area (TPSA) is 26.3 Å². The smallest absolute Gasteiger partial charge is 0.302 e. The normalized spacial score (nSPS) is 11.2. The summed E-state index contributed by atoms with van der Waals surface area (Å²) < 4.78 is 4.92. The van der Waals surface area contributed by atoms with Crippen LogP contribution in [0.4, 0.5) is 0 Å². The van der Waals surface area contributed by atoms with Gasteiger partial charge in [-0.2, -0.15) is 0 Å². The van der Waals surface area contributed by atoms with Crippen molar-refractivity contribution in [2.45, 2.75) is 117 Å². The fourth-order valence-electron chi connectivity index (χ4n) is 2.92. The summed E-state index contributed by atoms with van der Waals surface area (Å²) in [6.07, 6.45) is 26.0. The first-order chi connectivity index (χ1) is 11.8. The van der Waals surface area contributed by atoms with Gasteiger partial charge in [-0.05, 0) is 32.1 Å². The lowest BCUT2D eigenvalue weighted by Gasteiger charge is -2.02. The number of esters is 1. The SMILES string of the molecule is CCCCCCCCCCC=CCCCCCCCCOC(C)=O. The van der Waals surface area contributed by atoms with E-state index >= 15 is 0 Å². The summed E-state index contributed by atoms with van der Waals surface area (Å²) in [5.74, 6) is -0.159. The first-order valence-electron chi connectivity index (χ1n) is 10.6. The molecule has 0 saturated heterocycles. The summed E-state index contributed by atoms with van der Waals surface area (Å²) in [7, 11) is 0. The molecule has 0 fully saturated rings. The number of hydrogen-bond acceptors (Lipinski definition) is 2. The minimum Gasteiger partial charge on any atom is -0.466 e. The molecule has 0 amide bonds. The first kappa shape index (κ1) is 23.2. The molecule has 0 aromatic rings. The van der Waals surface area contributed by atoms with E-state index in [2.05, 4.69) is 19.1 Å². The minimum atomic E-state index is -0.159. The lowest BCUT2D eigenvalue weighted by molar-refractivity contribution is -0.141. The molecular formula is C22H42O2. The fourth-order valence-corrected chi connectivity index (χ4v) is 2.92. The summed E-state index contributed by atoms with van der Waals surface area (Å²) in [6.45, 7) is 4.35. The number of rotatable bonds is 18. The monoisotopic (exact) mass is 338 g/mol. The molecule has 0 aliphatic heterocycles. The molecule has 0 rings (SSSR count). The van der Waals surface area contributed by atoms with E-state index in [0.29, 0.717) is 6.61 Å². The maximum absolute atomic E-state index is 10.6. The molecule has 0 heterocycles. The third-order valence-electron chi connectivity index (χ3n) is 4.46. The van der Waals surface area contributed by atoms with Gasteiger partial charge in [0.15, 0.2) is 0 Å². The molecule has 0 N–H and O–H groups in total. The lowest BCUT2D eigenvalue weighted by Crippen LogP contribution is -1.99. The molecule has 0 unspecified atom stereocenters. The highest BCUT2D eigenvalue weighted by Gasteiger charge is 1.94. The molecule has 0 atom stereocenters. The second-order valence-corrected chi connectivity index (χ2v) is 6.98. The van der Waals surface area contributed by atoms with Crippen LogP contribution in [0.2, 0.25) is 0 Å². The molecule has 0 spiro atoms. The van der Waals surface area contributed by atoms with Gasteiger partial charge in [0, 0.05) is 6.92 Å². The average Bonchev–Trinajstić information content (AvgIpc) is 2.56. The highest BCUT2D eigenvalue weighted by molar-refractivity contribution is 5.65. The Hall–Kier alpha value is -0.790. The molecule has 2 heteroatoms. The fraction of sp³-hybridized carbons (Fsp3) is 0.864. The van der Waals surface area contributed by atoms with Crippen LogP contribution >= 0.6 is 0 Å². The largest absolute Gasteiger partial charge is 0.466 e. The van der Waals surface area contributed by atoms with E-state index in [1.165, 1.54) is 103 Å². The highest BCUT2D eigenvalue weighted by atomic mass is 16.5. The number of carbonyl (C=O) groups is 1. The van der Waals surface area contributed by atoms with E-state index < -0.39 is 0 Å². The number of hydrogen-bond donors (Lipinski definition) is 0. The van der Waals surface area contributed by atoms with Crippen LogP contribution in [-0.4, -0.2) is 12.6 Å². The zero-order chi connectivity index (χ0) is 17.7. The molecule has 142 valence electrons. The Morgan fingerprint density at radius 3 is 1.54 bits per heavy atom. The molecule has 0 radical (unpaired) electrons. The Labute approximate surface area is 151 Å². The van der Waals surface area contributed by atoms with Crippen molar-refractivity contribution in [1.82, 2.24) is 0 Å². The van der Waals surface area contributed by atoms with Crippen LogP contribution in [-0.2, 0) is 9.53 Å². The van der Waals surface area contributed by atoms with Gasteiger partial charge in [-0.25, -0.2) is 0 Å². The van der Waals surface area contributed by atoms with E-state index in [1.54, 1.807) is 0 Å². The summed E-state index contributed by atoms with van der Waals surface area (Å²) in [4.78, 5) is 10.6. The summed E-state index contributed by atoms with van der Waals surface area (Å²) in [5.41, 5.74) is 0. The van der Waals surface area contributed by atoms with Crippen LogP contribution < -0.4 is 0 Å². The van der Waals surface area contributed by atoms with E-state index in [4.69, 9.17) is 4.74 Å². The zero-order valence-electron chi connectivity index (χ0n) is 16.5.